The molecule has 0 atom stereocenters. The molecule has 1 fully saturated rings. The molecule has 0 unspecified atom stereocenters. The van der Waals surface area contributed by atoms with E-state index in [2.05, 4.69) is 12.1 Å². The topological polar surface area (TPSA) is 45.1 Å². The molecular formula is C21H19Cl3N3O2+. The van der Waals surface area contributed by atoms with Crippen molar-refractivity contribution in [3.63, 3.8) is 0 Å². The number of anilines is 1. The summed E-state index contributed by atoms with van der Waals surface area (Å²) in [5, 5.41) is 0.573. The van der Waals surface area contributed by atoms with Crippen LogP contribution in [0.15, 0.2) is 59.3 Å². The maximum atomic E-state index is 13.1. The first-order valence-electron chi connectivity index (χ1n) is 9.32. The van der Waals surface area contributed by atoms with Gasteiger partial charge in [0.25, 0.3) is 11.8 Å². The number of benzene rings is 2. The van der Waals surface area contributed by atoms with E-state index < -0.39 is 11.8 Å². The number of amides is 2. The Balaban J connectivity index is 1.48. The molecule has 2 aliphatic heterocycles. The monoisotopic (exact) mass is 450 g/mol. The molecule has 5 nitrogen and oxygen atoms in total. The van der Waals surface area contributed by atoms with Crippen molar-refractivity contribution in [2.75, 3.05) is 31.1 Å². The van der Waals surface area contributed by atoms with Crippen molar-refractivity contribution in [2.45, 2.75) is 6.54 Å². The van der Waals surface area contributed by atoms with E-state index in [1.807, 2.05) is 23.1 Å². The van der Waals surface area contributed by atoms with Crippen LogP contribution in [0.5, 0.6) is 0 Å². The first kappa shape index (κ1) is 20.2. The van der Waals surface area contributed by atoms with Gasteiger partial charge >= 0.3 is 0 Å². The lowest BCUT2D eigenvalue weighted by Gasteiger charge is -2.33. The number of hydrogen-bond acceptors (Lipinski definition) is 3. The predicted molar refractivity (Wildman–Crippen MR) is 114 cm³/mol. The predicted octanol–water partition coefficient (Wildman–Crippen LogP) is 2.72. The van der Waals surface area contributed by atoms with Gasteiger partial charge in [0.2, 0.25) is 0 Å². The fourth-order valence-corrected chi connectivity index (χ4v) is 4.40. The van der Waals surface area contributed by atoms with Crippen molar-refractivity contribution in [1.82, 2.24) is 4.90 Å². The van der Waals surface area contributed by atoms with Crippen molar-refractivity contribution < 1.29 is 14.5 Å². The molecule has 29 heavy (non-hydrogen) atoms. The number of hydrogen-bond donors (Lipinski definition) is 1. The first-order valence-corrected chi connectivity index (χ1v) is 10.4. The van der Waals surface area contributed by atoms with Gasteiger partial charge in [0.15, 0.2) is 0 Å². The van der Waals surface area contributed by atoms with Gasteiger partial charge in [-0.2, -0.15) is 0 Å². The van der Waals surface area contributed by atoms with Crippen LogP contribution in [0.25, 0.3) is 0 Å². The second kappa shape index (κ2) is 8.36. The molecule has 4 rings (SSSR count). The standard InChI is InChI=1S/C21H18Cl3N3O2/c22-15-6-7-16(23)17(12-15)27-20(28)18(24)19(21(27)29)26-10-8-25(9-11-26)13-14-4-2-1-3-5-14/h1-7,12H,8-11,13H2/p+1. The highest BCUT2D eigenvalue weighted by Crippen LogP contribution is 2.36. The maximum absolute atomic E-state index is 13.1. The zero-order chi connectivity index (χ0) is 20.5. The van der Waals surface area contributed by atoms with E-state index in [1.165, 1.54) is 16.5 Å². The molecule has 0 saturated carbocycles. The van der Waals surface area contributed by atoms with Gasteiger partial charge in [0.05, 0.1) is 36.9 Å². The molecule has 0 spiro atoms. The number of halogens is 3. The highest BCUT2D eigenvalue weighted by Gasteiger charge is 2.43. The van der Waals surface area contributed by atoms with Crippen molar-refractivity contribution >= 4 is 52.3 Å². The van der Waals surface area contributed by atoms with E-state index >= 15 is 0 Å². The Bertz CT molecular complexity index is 986. The van der Waals surface area contributed by atoms with Gasteiger partial charge in [0, 0.05) is 10.6 Å². The molecule has 2 amide bonds. The Morgan fingerprint density at radius 3 is 2.28 bits per heavy atom. The van der Waals surface area contributed by atoms with Crippen molar-refractivity contribution in [3.8, 4) is 0 Å². The van der Waals surface area contributed by atoms with E-state index in [4.69, 9.17) is 34.8 Å². The van der Waals surface area contributed by atoms with Crippen molar-refractivity contribution in [1.29, 1.82) is 0 Å². The number of imide groups is 1. The molecule has 0 aromatic heterocycles. The van der Waals surface area contributed by atoms with Crippen LogP contribution in [0.3, 0.4) is 0 Å². The molecule has 8 heteroatoms. The van der Waals surface area contributed by atoms with E-state index in [-0.39, 0.29) is 21.4 Å². The third kappa shape index (κ3) is 4.01. The largest absolute Gasteiger partial charge is 0.354 e. The zero-order valence-electron chi connectivity index (χ0n) is 15.5. The molecule has 0 aliphatic carbocycles. The summed E-state index contributed by atoms with van der Waals surface area (Å²) in [5.41, 5.74) is 1.77. The minimum atomic E-state index is -0.574. The van der Waals surface area contributed by atoms with E-state index in [0.717, 1.165) is 24.5 Å². The third-order valence-corrected chi connectivity index (χ3v) is 6.13. The Morgan fingerprint density at radius 2 is 1.59 bits per heavy atom. The molecule has 2 aromatic rings. The third-order valence-electron chi connectivity index (χ3n) is 5.24. The van der Waals surface area contributed by atoms with Crippen LogP contribution >= 0.6 is 34.8 Å². The average Bonchev–Trinajstić information content (AvgIpc) is 2.94. The summed E-state index contributed by atoms with van der Waals surface area (Å²) < 4.78 is 0. The highest BCUT2D eigenvalue weighted by atomic mass is 35.5. The lowest BCUT2D eigenvalue weighted by atomic mass is 10.2. The summed E-state index contributed by atoms with van der Waals surface area (Å²) in [7, 11) is 0. The number of quaternary nitrogens is 1. The molecule has 1 saturated heterocycles. The van der Waals surface area contributed by atoms with Gasteiger partial charge < -0.3 is 9.80 Å². The molecule has 0 bridgehead atoms. The van der Waals surface area contributed by atoms with Crippen LogP contribution in [0.2, 0.25) is 10.0 Å². The number of piperazine rings is 1. The number of carbonyl (C=O) groups excluding carboxylic acids is 2. The first-order chi connectivity index (χ1) is 14.0. The summed E-state index contributed by atoms with van der Waals surface area (Å²) in [5.74, 6) is -1.04. The fourth-order valence-electron chi connectivity index (χ4n) is 3.75. The summed E-state index contributed by atoms with van der Waals surface area (Å²) in [6.45, 7) is 3.91. The summed E-state index contributed by atoms with van der Waals surface area (Å²) in [6.07, 6.45) is 0. The summed E-state index contributed by atoms with van der Waals surface area (Å²) >= 11 is 18.5. The number of carbonyl (C=O) groups is 2. The Kier molecular flexibility index (Phi) is 5.83. The number of nitrogens with one attached hydrogen (secondary N) is 1. The van der Waals surface area contributed by atoms with E-state index in [1.54, 1.807) is 12.1 Å². The molecule has 150 valence electrons. The molecular weight excluding hydrogens is 433 g/mol. The molecule has 0 radical (unpaired) electrons. The minimum Gasteiger partial charge on any atom is -0.354 e. The van der Waals surface area contributed by atoms with Crippen molar-refractivity contribution in [3.05, 3.63) is 74.9 Å². The van der Waals surface area contributed by atoms with Crippen LogP contribution < -0.4 is 9.80 Å². The Hall–Kier alpha value is -2.05. The van der Waals surface area contributed by atoms with Crippen LogP contribution in [-0.4, -0.2) is 42.9 Å². The Morgan fingerprint density at radius 1 is 0.897 bits per heavy atom. The Labute approximate surface area is 184 Å². The van der Waals surface area contributed by atoms with Gasteiger partial charge in [-0.05, 0) is 18.2 Å². The summed E-state index contributed by atoms with van der Waals surface area (Å²) in [4.78, 5) is 30.1. The fraction of sp³-hybridized carbons (Fsp3) is 0.238. The van der Waals surface area contributed by atoms with Gasteiger partial charge in [-0.15, -0.1) is 0 Å². The molecule has 2 aliphatic rings. The lowest BCUT2D eigenvalue weighted by Crippen LogP contribution is -3.13. The van der Waals surface area contributed by atoms with Gasteiger partial charge in [-0.3, -0.25) is 9.59 Å². The van der Waals surface area contributed by atoms with Crippen LogP contribution in [-0.2, 0) is 16.1 Å². The normalized spacial score (nSPS) is 18.2. The van der Waals surface area contributed by atoms with E-state index in [0.29, 0.717) is 18.1 Å². The lowest BCUT2D eigenvalue weighted by molar-refractivity contribution is -0.917. The second-order valence-electron chi connectivity index (χ2n) is 7.10. The van der Waals surface area contributed by atoms with Crippen molar-refractivity contribution in [2.24, 2.45) is 0 Å². The van der Waals surface area contributed by atoms with Gasteiger partial charge in [0.1, 0.15) is 17.3 Å². The number of rotatable bonds is 4. The van der Waals surface area contributed by atoms with Crippen LogP contribution in [0.1, 0.15) is 5.56 Å². The minimum absolute atomic E-state index is 0.0717. The van der Waals surface area contributed by atoms with E-state index in [9.17, 15) is 9.59 Å². The quantitative estimate of drug-likeness (QED) is 0.727. The zero-order valence-corrected chi connectivity index (χ0v) is 17.8. The van der Waals surface area contributed by atoms with Crippen LogP contribution in [0.4, 0.5) is 5.69 Å². The SMILES string of the molecule is O=C1C(Cl)=C(N2CC[NH+](Cc3ccccc3)CC2)C(=O)N1c1cc(Cl)ccc1Cl. The maximum Gasteiger partial charge on any atom is 0.283 e. The smallest absolute Gasteiger partial charge is 0.283 e. The number of nitrogens with zero attached hydrogens (tertiary/aromatic N) is 2. The van der Waals surface area contributed by atoms with Crippen LogP contribution in [0, 0.1) is 0 Å². The molecule has 2 aromatic carbocycles. The van der Waals surface area contributed by atoms with Gasteiger partial charge in [-0.1, -0.05) is 65.1 Å². The second-order valence-corrected chi connectivity index (χ2v) is 8.33. The highest BCUT2D eigenvalue weighted by molar-refractivity contribution is 6.53. The molecule has 1 N–H and O–H groups in total. The average molecular weight is 452 g/mol. The summed E-state index contributed by atoms with van der Waals surface area (Å²) in [6, 6.07) is 15.0. The van der Waals surface area contributed by atoms with Gasteiger partial charge in [-0.25, -0.2) is 4.90 Å². The molecule has 2 heterocycles.